The lowest BCUT2D eigenvalue weighted by Crippen LogP contribution is -2.42. The molecule has 1 aliphatic rings. The number of nitrogens with one attached hydrogen (secondary N) is 1. The van der Waals surface area contributed by atoms with Crippen LogP contribution in [0.4, 0.5) is 0 Å². The Morgan fingerprint density at radius 3 is 2.65 bits per heavy atom. The highest BCUT2D eigenvalue weighted by molar-refractivity contribution is 6.40. The van der Waals surface area contributed by atoms with E-state index in [-0.39, 0.29) is 6.04 Å². The zero-order chi connectivity index (χ0) is 12.5. The van der Waals surface area contributed by atoms with Crippen LogP contribution in [0.15, 0.2) is 0 Å². The van der Waals surface area contributed by atoms with Crippen molar-refractivity contribution in [1.82, 2.24) is 5.32 Å². The summed E-state index contributed by atoms with van der Waals surface area (Å²) in [6.07, 6.45) is 5.30. The van der Waals surface area contributed by atoms with E-state index in [0.29, 0.717) is 12.4 Å². The zero-order valence-corrected chi connectivity index (χ0v) is 10.5. The molecule has 0 aromatic heterocycles. The van der Waals surface area contributed by atoms with Gasteiger partial charge in [-0.25, -0.2) is 0 Å². The van der Waals surface area contributed by atoms with Crippen molar-refractivity contribution in [2.45, 2.75) is 50.5 Å². The lowest BCUT2D eigenvalue weighted by atomic mass is 9.83. The predicted molar refractivity (Wildman–Crippen MR) is 68.7 cm³/mol. The molecule has 1 atom stereocenters. The van der Waals surface area contributed by atoms with Crippen molar-refractivity contribution in [2.24, 2.45) is 5.73 Å². The average molecular weight is 244 g/mol. The van der Waals surface area contributed by atoms with Gasteiger partial charge in [-0.3, -0.25) is 0 Å². The third kappa shape index (κ3) is 7.73. The molecule has 5 N–H and O–H groups in total. The van der Waals surface area contributed by atoms with Crippen LogP contribution < -0.4 is 11.1 Å². The Bertz CT molecular complexity index is 190. The van der Waals surface area contributed by atoms with E-state index in [2.05, 4.69) is 5.32 Å². The Kier molecular flexibility index (Phi) is 7.80. The van der Waals surface area contributed by atoms with Gasteiger partial charge in [0.25, 0.3) is 0 Å². The Balaban J connectivity index is 1.94. The first-order valence-corrected chi connectivity index (χ1v) is 6.61. The molecular weight excluding hydrogens is 219 g/mol. The van der Waals surface area contributed by atoms with Crippen LogP contribution in [0.2, 0.25) is 6.32 Å². The molecule has 6 heteroatoms. The fourth-order valence-corrected chi connectivity index (χ4v) is 2.06. The number of unbranched alkanes of at least 4 members (excludes halogenated alkanes) is 1. The fraction of sp³-hybridized carbons (Fsp3) is 1.00. The molecule has 0 amide bonds. The summed E-state index contributed by atoms with van der Waals surface area (Å²) in [5, 5.41) is 20.8. The van der Waals surface area contributed by atoms with Gasteiger partial charge in [0, 0.05) is 31.8 Å². The molecule has 1 saturated heterocycles. The Morgan fingerprint density at radius 1 is 1.29 bits per heavy atom. The van der Waals surface area contributed by atoms with Crippen LogP contribution in [-0.4, -0.2) is 49.0 Å². The largest absolute Gasteiger partial charge is 0.451 e. The van der Waals surface area contributed by atoms with Gasteiger partial charge in [-0.1, -0.05) is 12.8 Å². The molecule has 100 valence electrons. The molecule has 17 heavy (non-hydrogen) atoms. The molecule has 0 aliphatic carbocycles. The quantitative estimate of drug-likeness (QED) is 0.348. The van der Waals surface area contributed by atoms with Gasteiger partial charge in [-0.2, -0.15) is 0 Å². The van der Waals surface area contributed by atoms with E-state index in [1.54, 1.807) is 0 Å². The molecule has 0 aromatic carbocycles. The number of hydrogen-bond acceptors (Lipinski definition) is 5. The van der Waals surface area contributed by atoms with Gasteiger partial charge in [0.2, 0.25) is 0 Å². The molecule has 1 rings (SSSR count). The predicted octanol–water partition coefficient (Wildman–Crippen LogP) is -0.275. The van der Waals surface area contributed by atoms with Crippen LogP contribution in [0.1, 0.15) is 32.1 Å². The van der Waals surface area contributed by atoms with Crippen molar-refractivity contribution in [3.63, 3.8) is 0 Å². The molecule has 0 spiro atoms. The van der Waals surface area contributed by atoms with Crippen LogP contribution in [0, 0.1) is 0 Å². The topological polar surface area (TPSA) is 87.7 Å². The molecule has 1 unspecified atom stereocenters. The van der Waals surface area contributed by atoms with E-state index >= 15 is 0 Å². The van der Waals surface area contributed by atoms with Gasteiger partial charge in [0.15, 0.2) is 0 Å². The van der Waals surface area contributed by atoms with Crippen LogP contribution >= 0.6 is 0 Å². The van der Waals surface area contributed by atoms with Crippen LogP contribution in [0.25, 0.3) is 0 Å². The summed E-state index contributed by atoms with van der Waals surface area (Å²) in [5.74, 6) is 0. The first-order valence-electron chi connectivity index (χ1n) is 6.61. The van der Waals surface area contributed by atoms with Gasteiger partial charge in [-0.15, -0.1) is 0 Å². The van der Waals surface area contributed by atoms with E-state index in [4.69, 9.17) is 20.5 Å². The Hall–Kier alpha value is -0.135. The van der Waals surface area contributed by atoms with Gasteiger partial charge in [-0.05, 0) is 25.6 Å². The maximum absolute atomic E-state index is 8.69. The van der Waals surface area contributed by atoms with Crippen LogP contribution in [-0.2, 0) is 4.74 Å². The smallest absolute Gasteiger partial charge is 0.427 e. The number of ether oxygens (including phenoxy) is 1. The highest BCUT2D eigenvalue weighted by Gasteiger charge is 2.14. The summed E-state index contributed by atoms with van der Waals surface area (Å²) in [4.78, 5) is 0. The maximum atomic E-state index is 8.69. The van der Waals surface area contributed by atoms with Crippen molar-refractivity contribution < 1.29 is 14.8 Å². The minimum absolute atomic E-state index is 0.161. The number of nitrogens with two attached hydrogens (primary N) is 1. The van der Waals surface area contributed by atoms with Crippen molar-refractivity contribution in [1.29, 1.82) is 0 Å². The van der Waals surface area contributed by atoms with Gasteiger partial charge in [0.05, 0.1) is 0 Å². The number of hydrogen-bond donors (Lipinski definition) is 4. The normalized spacial score (nSPS) is 19.2. The third-order valence-electron chi connectivity index (χ3n) is 3.18. The Morgan fingerprint density at radius 2 is 2.00 bits per heavy atom. The van der Waals surface area contributed by atoms with Crippen molar-refractivity contribution in [3.05, 3.63) is 0 Å². The second-order valence-corrected chi connectivity index (χ2v) is 4.82. The van der Waals surface area contributed by atoms with E-state index in [1.807, 2.05) is 0 Å². The minimum atomic E-state index is -1.17. The molecule has 5 nitrogen and oxygen atoms in total. The first-order chi connectivity index (χ1) is 8.18. The summed E-state index contributed by atoms with van der Waals surface area (Å²) in [6.45, 7) is 2.54. The highest BCUT2D eigenvalue weighted by Crippen LogP contribution is 2.07. The molecule has 0 saturated carbocycles. The summed E-state index contributed by atoms with van der Waals surface area (Å²) in [6, 6.07) is 0.711. The minimum Gasteiger partial charge on any atom is -0.427 e. The van der Waals surface area contributed by atoms with Crippen LogP contribution in [0.5, 0.6) is 0 Å². The van der Waals surface area contributed by atoms with E-state index in [1.165, 1.54) is 0 Å². The molecule has 0 aromatic rings. The van der Waals surface area contributed by atoms with E-state index in [9.17, 15) is 0 Å². The summed E-state index contributed by atoms with van der Waals surface area (Å²) in [7, 11) is -1.17. The summed E-state index contributed by atoms with van der Waals surface area (Å²) < 4.78 is 5.29. The van der Waals surface area contributed by atoms with Gasteiger partial charge < -0.3 is 25.8 Å². The Labute approximate surface area is 104 Å². The fourth-order valence-electron chi connectivity index (χ4n) is 2.06. The van der Waals surface area contributed by atoms with E-state index in [0.717, 1.165) is 51.9 Å². The molecule has 1 aliphatic heterocycles. The van der Waals surface area contributed by atoms with Crippen molar-refractivity contribution >= 4 is 7.12 Å². The number of rotatable bonds is 8. The van der Waals surface area contributed by atoms with Gasteiger partial charge in [0.1, 0.15) is 0 Å². The second kappa shape index (κ2) is 8.88. The monoisotopic (exact) mass is 244 g/mol. The van der Waals surface area contributed by atoms with Gasteiger partial charge >= 0.3 is 7.12 Å². The first kappa shape index (κ1) is 14.9. The molecule has 0 bridgehead atoms. The molecule has 1 fully saturated rings. The maximum Gasteiger partial charge on any atom is 0.451 e. The van der Waals surface area contributed by atoms with Crippen LogP contribution in [0.3, 0.4) is 0 Å². The highest BCUT2D eigenvalue weighted by atomic mass is 16.5. The lowest BCUT2D eigenvalue weighted by Gasteiger charge is -2.24. The molecule has 0 radical (unpaired) electrons. The van der Waals surface area contributed by atoms with Crippen molar-refractivity contribution in [2.75, 3.05) is 19.8 Å². The molecule has 1 heterocycles. The molecular formula is C11H25BN2O3. The van der Waals surface area contributed by atoms with E-state index < -0.39 is 7.12 Å². The standard InChI is InChI=1S/C11H25BN2O3/c13-10(3-1-2-6-12(15)16)9-14-11-4-7-17-8-5-11/h10-11,14-16H,1-9,13H2. The zero-order valence-electron chi connectivity index (χ0n) is 10.5. The summed E-state index contributed by atoms with van der Waals surface area (Å²) >= 11 is 0. The average Bonchev–Trinajstić information content (AvgIpc) is 2.33. The van der Waals surface area contributed by atoms with Crippen molar-refractivity contribution in [3.8, 4) is 0 Å². The lowest BCUT2D eigenvalue weighted by molar-refractivity contribution is 0.0776. The summed E-state index contributed by atoms with van der Waals surface area (Å²) in [5.41, 5.74) is 5.99. The second-order valence-electron chi connectivity index (χ2n) is 4.82. The SMILES string of the molecule is NC(CCCCB(O)O)CNC1CCOCC1. The third-order valence-corrected chi connectivity index (χ3v) is 3.18.